The van der Waals surface area contributed by atoms with Crippen LogP contribution in [-0.4, -0.2) is 20.8 Å². The summed E-state index contributed by atoms with van der Waals surface area (Å²) in [6.07, 6.45) is 0. The van der Waals surface area contributed by atoms with Crippen LogP contribution in [0.5, 0.6) is 5.75 Å². The Morgan fingerprint density at radius 1 is 1.14 bits per heavy atom. The van der Waals surface area contributed by atoms with Crippen LogP contribution in [-0.2, 0) is 9.84 Å². The van der Waals surface area contributed by atoms with Crippen molar-refractivity contribution in [2.45, 2.75) is 11.8 Å². The minimum Gasteiger partial charge on any atom is -0.493 e. The largest absolute Gasteiger partial charge is 0.493 e. The Hall–Kier alpha value is -1.53. The monoisotopic (exact) mass is 369 g/mol. The molecule has 4 nitrogen and oxygen atoms in total. The first-order valence-corrected chi connectivity index (χ1v) is 8.81. The van der Waals surface area contributed by atoms with Crippen LogP contribution in [0.25, 0.3) is 0 Å². The number of hydrogen-bond acceptors (Lipinski definition) is 4. The Bertz CT molecular complexity index is 727. The highest BCUT2D eigenvalue weighted by atomic mass is 79.9. The lowest BCUT2D eigenvalue weighted by atomic mass is 10.2. The number of benzene rings is 2. The van der Waals surface area contributed by atoms with Crippen molar-refractivity contribution in [2.24, 2.45) is 0 Å². The number of nitrogen functional groups attached to an aromatic ring is 1. The number of hydrogen-bond donors (Lipinski definition) is 1. The molecule has 2 rings (SSSR count). The summed E-state index contributed by atoms with van der Waals surface area (Å²) < 4.78 is 31.0. The lowest BCUT2D eigenvalue weighted by Gasteiger charge is -2.10. The van der Waals surface area contributed by atoms with E-state index < -0.39 is 9.84 Å². The van der Waals surface area contributed by atoms with Gasteiger partial charge in [0, 0.05) is 10.2 Å². The topological polar surface area (TPSA) is 69.4 Å². The normalized spacial score (nSPS) is 11.3. The van der Waals surface area contributed by atoms with Crippen LogP contribution < -0.4 is 10.5 Å². The van der Waals surface area contributed by atoms with E-state index in [0.717, 1.165) is 4.47 Å². The van der Waals surface area contributed by atoms with E-state index in [1.807, 2.05) is 12.1 Å². The average Bonchev–Trinajstić information content (AvgIpc) is 2.44. The minimum atomic E-state index is -3.41. The molecule has 0 aromatic heterocycles. The zero-order valence-electron chi connectivity index (χ0n) is 11.5. The van der Waals surface area contributed by atoms with Gasteiger partial charge in [-0.05, 0) is 48.9 Å². The molecule has 2 aromatic carbocycles. The second-order valence-electron chi connectivity index (χ2n) is 4.59. The highest BCUT2D eigenvalue weighted by Crippen LogP contribution is 2.22. The molecule has 0 heterocycles. The summed E-state index contributed by atoms with van der Waals surface area (Å²) in [7, 11) is -3.41. The first-order chi connectivity index (χ1) is 9.90. The molecule has 0 amide bonds. The van der Waals surface area contributed by atoms with Gasteiger partial charge in [-0.25, -0.2) is 8.42 Å². The third-order valence-corrected chi connectivity index (χ3v) is 5.44. The third kappa shape index (κ3) is 3.98. The van der Waals surface area contributed by atoms with Crippen molar-refractivity contribution in [3.05, 3.63) is 52.5 Å². The van der Waals surface area contributed by atoms with Gasteiger partial charge >= 0.3 is 0 Å². The van der Waals surface area contributed by atoms with Gasteiger partial charge in [-0.2, -0.15) is 0 Å². The summed E-state index contributed by atoms with van der Waals surface area (Å²) in [4.78, 5) is 0.266. The molecule has 0 saturated carbocycles. The van der Waals surface area contributed by atoms with Crippen molar-refractivity contribution in [1.29, 1.82) is 0 Å². The second kappa shape index (κ2) is 6.49. The molecular formula is C15H16BrNO3S. The highest BCUT2D eigenvalue weighted by molar-refractivity contribution is 9.10. The van der Waals surface area contributed by atoms with E-state index >= 15 is 0 Å². The Kier molecular flexibility index (Phi) is 4.90. The van der Waals surface area contributed by atoms with Crippen molar-refractivity contribution < 1.29 is 13.2 Å². The quantitative estimate of drug-likeness (QED) is 0.821. The number of nitrogens with two attached hydrogens (primary N) is 1. The van der Waals surface area contributed by atoms with Gasteiger partial charge in [0.15, 0.2) is 9.84 Å². The van der Waals surface area contributed by atoms with E-state index in [2.05, 4.69) is 15.9 Å². The van der Waals surface area contributed by atoms with E-state index in [4.69, 9.17) is 10.5 Å². The zero-order valence-corrected chi connectivity index (χ0v) is 13.9. The molecule has 0 spiro atoms. The van der Waals surface area contributed by atoms with E-state index in [1.54, 1.807) is 37.3 Å². The average molecular weight is 370 g/mol. The van der Waals surface area contributed by atoms with E-state index in [0.29, 0.717) is 17.0 Å². The maximum Gasteiger partial charge on any atom is 0.182 e. The van der Waals surface area contributed by atoms with Crippen molar-refractivity contribution in [1.82, 2.24) is 0 Å². The molecule has 2 N–H and O–H groups in total. The van der Waals surface area contributed by atoms with Gasteiger partial charge in [0.25, 0.3) is 0 Å². The lowest BCUT2D eigenvalue weighted by Crippen LogP contribution is -2.15. The van der Waals surface area contributed by atoms with Gasteiger partial charge in [-0.3, -0.25) is 0 Å². The van der Waals surface area contributed by atoms with E-state index in [9.17, 15) is 8.42 Å². The number of halogens is 1. The van der Waals surface area contributed by atoms with Crippen LogP contribution in [0.15, 0.2) is 51.8 Å². The molecule has 0 saturated heterocycles. The molecule has 0 unspecified atom stereocenters. The SMILES string of the molecule is Cc1c(N)cccc1S(=O)(=O)CCOc1ccc(Br)cc1. The minimum absolute atomic E-state index is 0.0899. The van der Waals surface area contributed by atoms with Crippen LogP contribution in [0.1, 0.15) is 5.56 Å². The maximum absolute atomic E-state index is 12.3. The fraction of sp³-hybridized carbons (Fsp3) is 0.200. The van der Waals surface area contributed by atoms with Crippen molar-refractivity contribution in [2.75, 3.05) is 18.1 Å². The summed E-state index contributed by atoms with van der Waals surface area (Å²) in [5.74, 6) is 0.547. The van der Waals surface area contributed by atoms with Gasteiger partial charge in [0.1, 0.15) is 12.4 Å². The van der Waals surface area contributed by atoms with Gasteiger partial charge in [-0.1, -0.05) is 22.0 Å². The molecule has 0 radical (unpaired) electrons. The van der Waals surface area contributed by atoms with Crippen LogP contribution in [0.4, 0.5) is 5.69 Å². The first kappa shape index (κ1) is 15.9. The van der Waals surface area contributed by atoms with Crippen LogP contribution in [0.3, 0.4) is 0 Å². The van der Waals surface area contributed by atoms with Gasteiger partial charge in [0.2, 0.25) is 0 Å². The Morgan fingerprint density at radius 2 is 1.81 bits per heavy atom. The van der Waals surface area contributed by atoms with E-state index in [-0.39, 0.29) is 17.3 Å². The number of sulfone groups is 1. The predicted octanol–water partition coefficient (Wildman–Crippen LogP) is 3.19. The lowest BCUT2D eigenvalue weighted by molar-refractivity contribution is 0.341. The van der Waals surface area contributed by atoms with Crippen molar-refractivity contribution in [3.8, 4) is 5.75 Å². The summed E-state index contributed by atoms with van der Waals surface area (Å²) >= 11 is 3.33. The molecule has 0 aliphatic rings. The maximum atomic E-state index is 12.3. The Morgan fingerprint density at radius 3 is 2.48 bits per heavy atom. The van der Waals surface area contributed by atoms with Crippen molar-refractivity contribution >= 4 is 31.5 Å². The zero-order chi connectivity index (χ0) is 15.5. The van der Waals surface area contributed by atoms with Gasteiger partial charge in [-0.15, -0.1) is 0 Å². The second-order valence-corrected chi connectivity index (χ2v) is 7.58. The van der Waals surface area contributed by atoms with Crippen molar-refractivity contribution in [3.63, 3.8) is 0 Å². The fourth-order valence-corrected chi connectivity index (χ4v) is 3.54. The number of anilines is 1. The number of rotatable bonds is 5. The number of ether oxygens (including phenoxy) is 1. The molecule has 0 aliphatic carbocycles. The first-order valence-electron chi connectivity index (χ1n) is 6.36. The molecule has 0 fully saturated rings. The molecule has 112 valence electrons. The summed E-state index contributed by atoms with van der Waals surface area (Å²) in [5, 5.41) is 0. The van der Waals surface area contributed by atoms with Gasteiger partial charge < -0.3 is 10.5 Å². The standard InChI is InChI=1S/C15H16BrNO3S/c1-11-14(17)3-2-4-15(11)21(18,19)10-9-20-13-7-5-12(16)6-8-13/h2-8H,9-10,17H2,1H3. The predicted molar refractivity (Wildman–Crippen MR) is 87.3 cm³/mol. The smallest absolute Gasteiger partial charge is 0.182 e. The Labute approximate surface area is 133 Å². The van der Waals surface area contributed by atoms with Crippen LogP contribution in [0.2, 0.25) is 0 Å². The molecule has 0 atom stereocenters. The van der Waals surface area contributed by atoms with Gasteiger partial charge in [0.05, 0.1) is 10.6 Å². The fourth-order valence-electron chi connectivity index (χ4n) is 1.88. The third-order valence-electron chi connectivity index (χ3n) is 3.10. The molecule has 2 aromatic rings. The van der Waals surface area contributed by atoms with E-state index in [1.165, 1.54) is 0 Å². The molecule has 6 heteroatoms. The molecular weight excluding hydrogens is 354 g/mol. The van der Waals surface area contributed by atoms with Crippen LogP contribution in [0, 0.1) is 6.92 Å². The Balaban J connectivity index is 2.05. The molecule has 0 bridgehead atoms. The van der Waals surface area contributed by atoms with Crippen LogP contribution >= 0.6 is 15.9 Å². The molecule has 21 heavy (non-hydrogen) atoms. The highest BCUT2D eigenvalue weighted by Gasteiger charge is 2.18. The summed E-state index contributed by atoms with van der Waals surface area (Å²) in [6.45, 7) is 1.80. The molecule has 0 aliphatic heterocycles. The summed E-state index contributed by atoms with van der Waals surface area (Å²) in [5.41, 5.74) is 6.81. The summed E-state index contributed by atoms with van der Waals surface area (Å²) in [6, 6.07) is 12.1.